The van der Waals surface area contributed by atoms with Gasteiger partial charge in [-0.3, -0.25) is 4.79 Å². The number of sulfonamides is 1. The summed E-state index contributed by atoms with van der Waals surface area (Å²) in [5.74, 6) is 0.162. The molecule has 0 bridgehead atoms. The molecular formula is C22H30N2O4S. The van der Waals surface area contributed by atoms with Crippen molar-refractivity contribution in [1.82, 2.24) is 9.62 Å². The third-order valence-corrected chi connectivity index (χ3v) is 7.26. The summed E-state index contributed by atoms with van der Waals surface area (Å²) in [7, 11) is -3.64. The molecule has 0 atom stereocenters. The van der Waals surface area contributed by atoms with Gasteiger partial charge in [-0.2, -0.15) is 0 Å². The van der Waals surface area contributed by atoms with Crippen LogP contribution in [0.4, 0.5) is 0 Å². The minimum atomic E-state index is -3.64. The lowest BCUT2D eigenvalue weighted by molar-refractivity contribution is 0.0679. The van der Waals surface area contributed by atoms with Gasteiger partial charge in [-0.15, -0.1) is 0 Å². The van der Waals surface area contributed by atoms with Crippen LogP contribution < -0.4 is 4.72 Å². The molecule has 1 aliphatic heterocycles. The average molecular weight is 419 g/mol. The summed E-state index contributed by atoms with van der Waals surface area (Å²) < 4.78 is 34.2. The molecule has 0 aliphatic carbocycles. The second-order valence-corrected chi connectivity index (χ2v) is 10.5. The number of carbonyl (C=O) groups excluding carboxylic acids is 1. The number of nitrogens with zero attached hydrogens (tertiary/aromatic N) is 1. The van der Waals surface area contributed by atoms with Crippen molar-refractivity contribution in [1.29, 1.82) is 0 Å². The maximum Gasteiger partial charge on any atom is 0.289 e. The maximum atomic E-state index is 13.1. The Kier molecular flexibility index (Phi) is 5.92. The molecule has 1 aromatic heterocycles. The number of aryl methyl sites for hydroxylation is 2. The van der Waals surface area contributed by atoms with E-state index >= 15 is 0 Å². The highest BCUT2D eigenvalue weighted by molar-refractivity contribution is 7.89. The van der Waals surface area contributed by atoms with Gasteiger partial charge in [-0.1, -0.05) is 32.9 Å². The number of carbonyl (C=O) groups is 1. The van der Waals surface area contributed by atoms with Crippen LogP contribution in [0.25, 0.3) is 0 Å². The van der Waals surface area contributed by atoms with Crippen LogP contribution in [-0.2, 0) is 15.4 Å². The molecule has 6 nitrogen and oxygen atoms in total. The molecule has 1 N–H and O–H groups in total. The van der Waals surface area contributed by atoms with Crippen LogP contribution >= 0.6 is 0 Å². The fourth-order valence-electron chi connectivity index (χ4n) is 3.84. The Labute approximate surface area is 173 Å². The smallest absolute Gasteiger partial charge is 0.289 e. The van der Waals surface area contributed by atoms with E-state index in [0.717, 1.165) is 16.7 Å². The minimum Gasteiger partial charge on any atom is -0.459 e. The number of rotatable bonds is 4. The SMILES string of the molecule is Cc1cc(C(C)(C)C)cc(C)c1S(=O)(=O)NC1CCN(C(=O)c2ccco2)CC1. The third-order valence-electron chi connectivity index (χ3n) is 5.43. The van der Waals surface area contributed by atoms with Crippen molar-refractivity contribution in [3.05, 3.63) is 53.0 Å². The van der Waals surface area contributed by atoms with Crippen LogP contribution in [0.1, 0.15) is 60.9 Å². The zero-order chi connectivity index (χ0) is 21.4. The number of hydrogen-bond acceptors (Lipinski definition) is 4. The van der Waals surface area contributed by atoms with Gasteiger partial charge in [0.15, 0.2) is 5.76 Å². The molecule has 1 aromatic carbocycles. The predicted octanol–water partition coefficient (Wildman–Crippen LogP) is 3.78. The first kappa shape index (κ1) is 21.6. The molecule has 0 unspecified atom stereocenters. The Hall–Kier alpha value is -2.12. The number of furan rings is 1. The second kappa shape index (κ2) is 7.95. The molecule has 2 heterocycles. The highest BCUT2D eigenvalue weighted by Gasteiger charge is 2.30. The van der Waals surface area contributed by atoms with E-state index in [4.69, 9.17) is 4.42 Å². The first-order chi connectivity index (χ1) is 13.5. The minimum absolute atomic E-state index is 0.0431. The summed E-state index contributed by atoms with van der Waals surface area (Å²) in [4.78, 5) is 14.4. The Morgan fingerprint density at radius 2 is 1.72 bits per heavy atom. The van der Waals surface area contributed by atoms with Gasteiger partial charge in [0.05, 0.1) is 11.2 Å². The number of amides is 1. The van der Waals surface area contributed by atoms with Gasteiger partial charge in [-0.05, 0) is 60.9 Å². The van der Waals surface area contributed by atoms with Crippen LogP contribution in [-0.4, -0.2) is 38.4 Å². The lowest BCUT2D eigenvalue weighted by atomic mass is 9.85. The van der Waals surface area contributed by atoms with E-state index < -0.39 is 10.0 Å². The van der Waals surface area contributed by atoms with Gasteiger partial charge < -0.3 is 9.32 Å². The van der Waals surface area contributed by atoms with Gasteiger partial charge in [0.2, 0.25) is 10.0 Å². The normalized spacial score (nSPS) is 16.2. The van der Waals surface area contributed by atoms with E-state index in [1.54, 1.807) is 17.0 Å². The average Bonchev–Trinajstić information content (AvgIpc) is 3.14. The van der Waals surface area contributed by atoms with Gasteiger partial charge in [0.25, 0.3) is 5.91 Å². The lowest BCUT2D eigenvalue weighted by Gasteiger charge is -2.32. The molecule has 1 aliphatic rings. The monoisotopic (exact) mass is 418 g/mol. The van der Waals surface area contributed by atoms with Crippen LogP contribution in [0.15, 0.2) is 39.8 Å². The van der Waals surface area contributed by atoms with Crippen molar-refractivity contribution in [3.63, 3.8) is 0 Å². The van der Waals surface area contributed by atoms with Crippen LogP contribution in [0.3, 0.4) is 0 Å². The molecule has 7 heteroatoms. The molecular weight excluding hydrogens is 388 g/mol. The maximum absolute atomic E-state index is 13.1. The van der Waals surface area contributed by atoms with Crippen molar-refractivity contribution in [2.24, 2.45) is 0 Å². The zero-order valence-electron chi connectivity index (χ0n) is 17.8. The fraction of sp³-hybridized carbons (Fsp3) is 0.500. The standard InChI is InChI=1S/C22H30N2O4S/c1-15-13-17(22(3,4)5)14-16(2)20(15)29(26,27)23-18-8-10-24(11-9-18)21(25)19-7-6-12-28-19/h6-7,12-14,18,23H,8-11H2,1-5H3. The first-order valence-electron chi connectivity index (χ1n) is 9.96. The quantitative estimate of drug-likeness (QED) is 0.820. The van der Waals surface area contributed by atoms with Crippen molar-refractivity contribution < 1.29 is 17.6 Å². The highest BCUT2D eigenvalue weighted by Crippen LogP contribution is 2.29. The fourth-order valence-corrected chi connectivity index (χ4v) is 5.60. The summed E-state index contributed by atoms with van der Waals surface area (Å²) in [5, 5.41) is 0. The Bertz CT molecular complexity index is 957. The lowest BCUT2D eigenvalue weighted by Crippen LogP contribution is -2.46. The summed E-state index contributed by atoms with van der Waals surface area (Å²) in [6.07, 6.45) is 2.62. The van der Waals surface area contributed by atoms with E-state index in [1.807, 2.05) is 26.0 Å². The van der Waals surface area contributed by atoms with Crippen molar-refractivity contribution in [2.45, 2.75) is 63.8 Å². The largest absolute Gasteiger partial charge is 0.459 e. The highest BCUT2D eigenvalue weighted by atomic mass is 32.2. The number of benzene rings is 1. The van der Waals surface area contributed by atoms with Crippen molar-refractivity contribution in [3.8, 4) is 0 Å². The van der Waals surface area contributed by atoms with Crippen LogP contribution in [0, 0.1) is 13.8 Å². The van der Waals surface area contributed by atoms with Gasteiger partial charge >= 0.3 is 0 Å². The Morgan fingerprint density at radius 3 is 2.21 bits per heavy atom. The predicted molar refractivity (Wildman–Crippen MR) is 113 cm³/mol. The summed E-state index contributed by atoms with van der Waals surface area (Å²) >= 11 is 0. The number of likely N-dealkylation sites (tertiary alicyclic amines) is 1. The first-order valence-corrected chi connectivity index (χ1v) is 11.4. The van der Waals surface area contributed by atoms with E-state index in [0.29, 0.717) is 36.6 Å². The van der Waals surface area contributed by atoms with Crippen molar-refractivity contribution in [2.75, 3.05) is 13.1 Å². The van der Waals surface area contributed by atoms with E-state index in [9.17, 15) is 13.2 Å². The van der Waals surface area contributed by atoms with E-state index in [1.165, 1.54) is 6.26 Å². The number of piperidine rings is 1. The molecule has 158 valence electrons. The molecule has 29 heavy (non-hydrogen) atoms. The molecule has 1 amide bonds. The molecule has 1 fully saturated rings. The summed E-state index contributed by atoms with van der Waals surface area (Å²) in [6, 6.07) is 7.06. The van der Waals surface area contributed by atoms with Crippen LogP contribution in [0.5, 0.6) is 0 Å². The third kappa shape index (κ3) is 4.73. The number of hydrogen-bond donors (Lipinski definition) is 1. The van der Waals surface area contributed by atoms with Gasteiger partial charge in [0, 0.05) is 19.1 Å². The number of nitrogens with one attached hydrogen (secondary N) is 1. The molecule has 0 saturated carbocycles. The molecule has 0 spiro atoms. The van der Waals surface area contributed by atoms with Crippen molar-refractivity contribution >= 4 is 15.9 Å². The van der Waals surface area contributed by atoms with Gasteiger partial charge in [0.1, 0.15) is 0 Å². The molecule has 0 radical (unpaired) electrons. The molecule has 1 saturated heterocycles. The van der Waals surface area contributed by atoms with Crippen LogP contribution in [0.2, 0.25) is 0 Å². The second-order valence-electron chi connectivity index (χ2n) is 8.85. The van der Waals surface area contributed by atoms with E-state index in [-0.39, 0.29) is 17.4 Å². The summed E-state index contributed by atoms with van der Waals surface area (Å²) in [5.41, 5.74) is 2.59. The Morgan fingerprint density at radius 1 is 1.14 bits per heavy atom. The Balaban J connectivity index is 1.70. The molecule has 3 rings (SSSR count). The topological polar surface area (TPSA) is 79.6 Å². The molecule has 2 aromatic rings. The van der Waals surface area contributed by atoms with Gasteiger partial charge in [-0.25, -0.2) is 13.1 Å². The zero-order valence-corrected chi connectivity index (χ0v) is 18.6. The summed E-state index contributed by atoms with van der Waals surface area (Å²) in [6.45, 7) is 11.0. The van der Waals surface area contributed by atoms with E-state index in [2.05, 4.69) is 25.5 Å².